The molecule has 138 heavy (non-hydrogen) atoms. The first kappa shape index (κ1) is 113. The third-order valence-corrected chi connectivity index (χ3v) is 22.9. The SMILES string of the molecule is C.C=CC(=O)Cl.C=CC(=O)Nc1ccccc1Cc1cc(N(C)C(=O)Cc2c(Cl)c(OC)cc(OC)c2Cl)ncn1.CNc1cc(Cc2ccccc2[N+](=O)[O-])ncn1.COc1cc(OC)c(Cl)c(CC(=O)N(C)c2cc(Cc3ccccc3N)ncn2)c1Cl.COc1cc(OC)c(Cl)c(CC(=O)N(C)c2cc(Cc3ccccc3[N+](=O)[O-])ncn2)c1Cl.COc1cc(OC)c(Cl)c(N=C=O)c1Cl. The molecule has 724 valence electrons. The molecule has 0 spiro atoms. The number of aromatic nitrogens is 8. The molecule has 4 heterocycles. The van der Waals surface area contributed by atoms with E-state index in [1.54, 1.807) is 113 Å². The Morgan fingerprint density at radius 2 is 0.710 bits per heavy atom. The summed E-state index contributed by atoms with van der Waals surface area (Å²) in [6, 6.07) is 41.0. The summed E-state index contributed by atoms with van der Waals surface area (Å²) in [5, 5.41) is 29.1. The molecule has 0 aliphatic heterocycles. The molecular weight excluding hydrogens is 1970 g/mol. The van der Waals surface area contributed by atoms with Crippen LogP contribution in [-0.4, -0.2) is 170 Å². The fourth-order valence-electron chi connectivity index (χ4n) is 12.2. The van der Waals surface area contributed by atoms with Gasteiger partial charge in [0, 0.05) is 154 Å². The van der Waals surface area contributed by atoms with Gasteiger partial charge in [-0.2, -0.15) is 4.99 Å². The number of para-hydroxylation sites is 4. The Bertz CT molecular complexity index is 6320. The number of carbonyl (C=O) groups excluding carboxylic acids is 6. The van der Waals surface area contributed by atoms with Crippen LogP contribution in [0.25, 0.3) is 0 Å². The molecule has 0 fully saturated rings. The number of anilines is 6. The molecule has 0 saturated heterocycles. The minimum Gasteiger partial charge on any atom is -0.495 e. The number of amides is 4. The number of nitrogens with one attached hydrogen (secondary N) is 2. The van der Waals surface area contributed by atoms with Crippen molar-refractivity contribution in [1.29, 1.82) is 0 Å². The van der Waals surface area contributed by atoms with Crippen LogP contribution < -0.4 is 69.0 Å². The molecule has 0 unspecified atom stereocenters. The summed E-state index contributed by atoms with van der Waals surface area (Å²) in [6.07, 6.45) is 10.4. The van der Waals surface area contributed by atoms with Gasteiger partial charge in [-0.15, -0.1) is 0 Å². The van der Waals surface area contributed by atoms with E-state index < -0.39 is 10.2 Å². The topological polar surface area (TPSA) is 438 Å². The van der Waals surface area contributed by atoms with Crippen molar-refractivity contribution in [2.75, 3.05) is 116 Å². The summed E-state index contributed by atoms with van der Waals surface area (Å²) >= 11 is 54.9. The number of isocyanates is 1. The number of nitrogen functional groups attached to an aromatic ring is 1. The average Bonchev–Trinajstić information content (AvgIpc) is 0.821. The van der Waals surface area contributed by atoms with Crippen molar-refractivity contribution in [3.63, 3.8) is 0 Å². The van der Waals surface area contributed by atoms with Gasteiger partial charge in [0.15, 0.2) is 0 Å². The summed E-state index contributed by atoms with van der Waals surface area (Å²) in [6.45, 7) is 6.56. The summed E-state index contributed by atoms with van der Waals surface area (Å²) in [4.78, 5) is 133. The number of nitro benzene ring substituents is 2. The van der Waals surface area contributed by atoms with E-state index in [4.69, 9.17) is 148 Å². The number of hydrogen-bond acceptors (Lipinski definition) is 29. The Morgan fingerprint density at radius 1 is 0.428 bits per heavy atom. The zero-order valence-corrected chi connectivity index (χ0v) is 82.1. The quantitative estimate of drug-likeness (QED) is 0.00670. The van der Waals surface area contributed by atoms with Gasteiger partial charge in [-0.3, -0.25) is 58.9 Å². The summed E-state index contributed by atoms with van der Waals surface area (Å²) in [5.41, 5.74) is 14.3. The predicted molar refractivity (Wildman–Crippen MR) is 536 cm³/mol. The normalized spacial score (nSPS) is 10.1. The fourth-order valence-corrected chi connectivity index (χ4v) is 14.7. The van der Waals surface area contributed by atoms with Crippen molar-refractivity contribution in [2.24, 2.45) is 4.99 Å². The number of allylic oxidation sites excluding steroid dienone is 1. The number of likely N-dealkylation sites (N-methyl/N-ethyl adjacent to an activating group) is 3. The second kappa shape index (κ2) is 55.8. The van der Waals surface area contributed by atoms with Crippen LogP contribution >= 0.6 is 104 Å². The Morgan fingerprint density at radius 3 is 1.01 bits per heavy atom. The lowest BCUT2D eigenvalue weighted by molar-refractivity contribution is -0.385. The molecule has 0 saturated carbocycles. The molecule has 12 rings (SSSR count). The molecule has 0 radical (unpaired) electrons. The van der Waals surface area contributed by atoms with Crippen molar-refractivity contribution in [2.45, 2.75) is 52.4 Å². The molecule has 4 N–H and O–H groups in total. The van der Waals surface area contributed by atoms with E-state index in [9.17, 15) is 49.0 Å². The number of nitrogens with two attached hydrogens (primary N) is 1. The second-order valence-corrected chi connectivity index (χ2v) is 31.2. The van der Waals surface area contributed by atoms with Gasteiger partial charge in [0.2, 0.25) is 35.0 Å². The lowest BCUT2D eigenvalue weighted by atomic mass is 10.1. The largest absolute Gasteiger partial charge is 0.495 e. The van der Waals surface area contributed by atoms with E-state index in [1.807, 2.05) is 42.5 Å². The van der Waals surface area contributed by atoms with E-state index in [-0.39, 0.29) is 119 Å². The number of benzene rings is 8. The highest BCUT2D eigenvalue weighted by Gasteiger charge is 2.28. The molecule has 35 nitrogen and oxygen atoms in total. The van der Waals surface area contributed by atoms with Crippen molar-refractivity contribution >= 4 is 191 Å². The molecule has 4 amide bonds. The third-order valence-electron chi connectivity index (χ3n) is 19.5. The van der Waals surface area contributed by atoms with E-state index >= 15 is 0 Å². The van der Waals surface area contributed by atoms with E-state index in [2.05, 4.69) is 68.7 Å². The maximum Gasteiger partial charge on any atom is 0.272 e. The number of nitro groups is 2. The standard InChI is InChI=1S/C25H24Cl2N4O4.C22H20Cl2N4O5.C22H22Cl2N4O3.C12H12N4O2.C9H7Cl2NO3.C3H3ClO.CH4/c1-5-22(32)30-18-9-7-6-8-15(18)10-16-11-21(29-14-28-16)31(2)23(33)12-17-24(26)19(34-3)13-20(35-4)25(17)27;1-27(20(29)10-15-21(23)17(32-2)11-18(33-3)22(15)24)19-9-14(25-12-26-19)8-13-6-4-5-7-16(13)28(30)31;1-28(19-9-14(26-12-27-19)8-13-6-4-5-7-16(13)25)20(29)10-15-21(23)17(30-2)11-18(31-3)22(15)24;1-13-12-7-10(14-8-15-12)6-9-4-2-3-5-11(9)16(17)18;1-14-5-3-6(15-2)8(11)9(7(5)10)12-4-13;1-2-3(4)5;/h5-9,11,13-14H,1,10,12H2,2-4H3,(H,30,32);4-7,9,11-12H,8,10H2,1-3H3;4-7,9,11-12H,8,10,25H2,1-3H3;2-5,7-8H,6H2,1H3,(H,13,14,15);3H,1-2H3;2H,1H2;1H4. The lowest BCUT2D eigenvalue weighted by Gasteiger charge is -2.19. The van der Waals surface area contributed by atoms with Crippen molar-refractivity contribution < 1.29 is 76.5 Å². The molecule has 0 aliphatic rings. The maximum atomic E-state index is 13.1. The first-order valence-corrected chi connectivity index (χ1v) is 43.2. The van der Waals surface area contributed by atoms with E-state index in [0.717, 1.165) is 28.6 Å². The first-order chi connectivity index (χ1) is 65.5. The van der Waals surface area contributed by atoms with Crippen LogP contribution in [0.4, 0.5) is 51.7 Å². The van der Waals surface area contributed by atoms with Crippen LogP contribution in [0.2, 0.25) is 40.2 Å². The number of halogens is 9. The minimum atomic E-state index is -0.509. The molecule has 44 heteroatoms. The van der Waals surface area contributed by atoms with Gasteiger partial charge in [0.25, 0.3) is 11.4 Å². The Kier molecular flexibility index (Phi) is 45.5. The third kappa shape index (κ3) is 31.2. The summed E-state index contributed by atoms with van der Waals surface area (Å²) in [5.74, 6) is 3.42. The lowest BCUT2D eigenvalue weighted by Crippen LogP contribution is -2.29. The minimum absolute atomic E-state index is 0. The number of nitrogens with zero attached hydrogens (tertiary/aromatic N) is 14. The molecule has 0 bridgehead atoms. The number of aliphatic imine (C=N–C) groups is 1. The zero-order chi connectivity index (χ0) is 101. The van der Waals surface area contributed by atoms with Crippen LogP contribution in [-0.2, 0) is 73.7 Å². The molecule has 8 aromatic carbocycles. The van der Waals surface area contributed by atoms with Crippen molar-refractivity contribution in [3.05, 3.63) is 318 Å². The molecule has 4 aromatic heterocycles. The van der Waals surface area contributed by atoms with Crippen LogP contribution in [0.15, 0.2) is 201 Å². The first-order valence-electron chi connectivity index (χ1n) is 39.8. The molecule has 0 aliphatic carbocycles. The predicted octanol–water partition coefficient (Wildman–Crippen LogP) is 20.0. The van der Waals surface area contributed by atoms with Crippen LogP contribution in [0.1, 0.15) is 69.1 Å². The fraction of sp³-hybridized carbons (Fsp3) is 0.213. The number of rotatable bonds is 32. The smallest absolute Gasteiger partial charge is 0.272 e. The van der Waals surface area contributed by atoms with Gasteiger partial charge in [-0.25, -0.2) is 44.7 Å². The number of hydrogen-bond donors (Lipinski definition) is 3. The van der Waals surface area contributed by atoms with Crippen molar-refractivity contribution in [3.8, 4) is 46.0 Å². The maximum absolute atomic E-state index is 13.1. The molecule has 0 atom stereocenters. The number of carbonyl (C=O) groups is 5. The van der Waals surface area contributed by atoms with Gasteiger partial charge in [0.05, 0.1) is 139 Å². The Hall–Kier alpha value is -14.1. The highest BCUT2D eigenvalue weighted by Crippen LogP contribution is 2.47. The van der Waals surface area contributed by atoms with Crippen LogP contribution in [0, 0.1) is 20.2 Å². The Labute approximate surface area is 839 Å². The highest BCUT2D eigenvalue weighted by molar-refractivity contribution is 6.66. The molecular formula is C94H92Cl9N17O18. The number of methoxy groups -OCH3 is 8. The Balaban J connectivity index is 0.000000268. The zero-order valence-electron chi connectivity index (χ0n) is 75.3. The summed E-state index contributed by atoms with van der Waals surface area (Å²) in [7, 11) is 18.2. The van der Waals surface area contributed by atoms with Gasteiger partial charge < -0.3 is 54.3 Å². The van der Waals surface area contributed by atoms with Crippen molar-refractivity contribution in [1.82, 2.24) is 39.9 Å². The second-order valence-electron chi connectivity index (χ2n) is 27.8. The average molecular weight is 2070 g/mol. The molecule has 12 aromatic rings. The van der Waals surface area contributed by atoms with Crippen LogP contribution in [0.5, 0.6) is 46.0 Å². The number of ether oxygens (including phenoxy) is 8. The van der Waals surface area contributed by atoms with E-state index in [1.165, 1.54) is 127 Å². The monoisotopic (exact) mass is 2060 g/mol. The van der Waals surface area contributed by atoms with Gasteiger partial charge in [-0.1, -0.05) is 186 Å². The van der Waals surface area contributed by atoms with Gasteiger partial charge >= 0.3 is 0 Å². The highest BCUT2D eigenvalue weighted by atomic mass is 35.5. The summed E-state index contributed by atoms with van der Waals surface area (Å²) < 4.78 is 41.5. The van der Waals surface area contributed by atoms with Gasteiger partial charge in [0.1, 0.15) is 110 Å². The van der Waals surface area contributed by atoms with Crippen LogP contribution in [0.3, 0.4) is 0 Å². The van der Waals surface area contributed by atoms with E-state index in [0.29, 0.717) is 139 Å². The van der Waals surface area contributed by atoms with Gasteiger partial charge in [-0.05, 0) is 47.0 Å².